The molecule has 0 amide bonds. The summed E-state index contributed by atoms with van der Waals surface area (Å²) in [5, 5.41) is 14.0. The van der Waals surface area contributed by atoms with Crippen LogP contribution in [-0.2, 0) is 15.8 Å². The minimum absolute atomic E-state index is 0.0126. The van der Waals surface area contributed by atoms with Crippen molar-refractivity contribution >= 4 is 24.3 Å². The Labute approximate surface area is 150 Å². The minimum atomic E-state index is -4.24. The average Bonchev–Trinajstić information content (AvgIpc) is 2.60. The van der Waals surface area contributed by atoms with E-state index in [9.17, 15) is 34.1 Å². The fraction of sp³-hybridized carbons (Fsp3) is 0.429. The van der Waals surface area contributed by atoms with Crippen LogP contribution in [0, 0.1) is 10.1 Å². The first kappa shape index (κ1) is 19.4. The number of hydrogen-bond acceptors (Lipinski definition) is 7. The lowest BCUT2D eigenvalue weighted by atomic mass is 10.1. The zero-order chi connectivity index (χ0) is 19.8. The highest BCUT2D eigenvalue weighted by Crippen LogP contribution is 2.46. The van der Waals surface area contributed by atoms with E-state index in [1.54, 1.807) is 0 Å². The fourth-order valence-corrected chi connectivity index (χ4v) is 3.88. The van der Waals surface area contributed by atoms with E-state index in [4.69, 9.17) is 4.74 Å². The molecular weight excluding hydrogens is 383 g/mol. The van der Waals surface area contributed by atoms with E-state index in [2.05, 4.69) is 15.3 Å². The molecule has 2 aromatic rings. The van der Waals surface area contributed by atoms with E-state index in [-0.39, 0.29) is 42.7 Å². The fourth-order valence-electron chi connectivity index (χ4n) is 2.98. The molecule has 1 aromatic carbocycles. The van der Waals surface area contributed by atoms with Crippen molar-refractivity contribution < 1.29 is 24.0 Å². The molecule has 1 aliphatic rings. The number of nitro benzene ring substituents is 1. The molecule has 0 spiro atoms. The van der Waals surface area contributed by atoms with Gasteiger partial charge in [0.15, 0.2) is 0 Å². The molecule has 2 heterocycles. The van der Waals surface area contributed by atoms with Crippen LogP contribution in [-0.4, -0.2) is 43.2 Å². The lowest BCUT2D eigenvalue weighted by molar-refractivity contribution is -0.384. The summed E-state index contributed by atoms with van der Waals surface area (Å²) in [6.45, 7) is 0.173. The van der Waals surface area contributed by atoms with Crippen molar-refractivity contribution in [2.45, 2.75) is 31.3 Å². The van der Waals surface area contributed by atoms with Gasteiger partial charge in [0.2, 0.25) is 0 Å². The van der Waals surface area contributed by atoms with Crippen molar-refractivity contribution in [2.24, 2.45) is 0 Å². The molecule has 2 unspecified atom stereocenters. The summed E-state index contributed by atoms with van der Waals surface area (Å²) in [5.41, 5.74) is -2.28. The highest BCUT2D eigenvalue weighted by molar-refractivity contribution is 7.52. The SMILES string of the molecule is O=c1[nH]c2cc([N+](=O)[O-])cc(CNC3CC(P(=O)(O)O)CCO3)c2[nH]c1=O. The minimum Gasteiger partial charge on any atom is -0.363 e. The van der Waals surface area contributed by atoms with E-state index >= 15 is 0 Å². The summed E-state index contributed by atoms with van der Waals surface area (Å²) in [7, 11) is -4.24. The Hall–Kier alpha value is -2.37. The quantitative estimate of drug-likeness (QED) is 0.197. The van der Waals surface area contributed by atoms with Crippen LogP contribution in [0.15, 0.2) is 21.7 Å². The van der Waals surface area contributed by atoms with Gasteiger partial charge in [-0.15, -0.1) is 0 Å². The van der Waals surface area contributed by atoms with E-state index in [0.717, 1.165) is 6.07 Å². The number of aromatic amines is 2. The van der Waals surface area contributed by atoms with Crippen molar-refractivity contribution in [3.63, 3.8) is 0 Å². The smallest absolute Gasteiger partial charge is 0.328 e. The Balaban J connectivity index is 1.88. The third-order valence-corrected chi connectivity index (χ3v) is 5.78. The number of rotatable bonds is 5. The van der Waals surface area contributed by atoms with Crippen molar-refractivity contribution in [3.05, 3.63) is 48.5 Å². The van der Waals surface area contributed by atoms with Crippen LogP contribution in [0.1, 0.15) is 18.4 Å². The maximum absolute atomic E-state index is 11.6. The number of fused-ring (bicyclic) bond motifs is 1. The lowest BCUT2D eigenvalue weighted by Crippen LogP contribution is -2.39. The van der Waals surface area contributed by atoms with Crippen LogP contribution >= 0.6 is 7.60 Å². The van der Waals surface area contributed by atoms with Crippen LogP contribution < -0.4 is 16.4 Å². The molecule has 146 valence electrons. The number of hydrogen-bond donors (Lipinski definition) is 5. The molecule has 1 aliphatic heterocycles. The second-order valence-corrected chi connectivity index (χ2v) is 8.11. The summed E-state index contributed by atoms with van der Waals surface area (Å²) < 4.78 is 16.9. The van der Waals surface area contributed by atoms with Crippen LogP contribution in [0.5, 0.6) is 0 Å². The summed E-state index contributed by atoms with van der Waals surface area (Å²) >= 11 is 0. The van der Waals surface area contributed by atoms with Crippen molar-refractivity contribution in [1.29, 1.82) is 0 Å². The monoisotopic (exact) mass is 400 g/mol. The van der Waals surface area contributed by atoms with Gasteiger partial charge in [-0.1, -0.05) is 0 Å². The summed E-state index contributed by atoms with van der Waals surface area (Å²) in [4.78, 5) is 56.9. The predicted molar refractivity (Wildman–Crippen MR) is 93.5 cm³/mol. The Morgan fingerprint density at radius 2 is 2.00 bits per heavy atom. The molecule has 2 atom stereocenters. The maximum atomic E-state index is 11.6. The van der Waals surface area contributed by atoms with Gasteiger partial charge >= 0.3 is 18.7 Å². The highest BCUT2D eigenvalue weighted by atomic mass is 31.2. The van der Waals surface area contributed by atoms with Gasteiger partial charge < -0.3 is 24.5 Å². The van der Waals surface area contributed by atoms with Gasteiger partial charge in [-0.05, 0) is 12.0 Å². The van der Waals surface area contributed by atoms with Gasteiger partial charge in [-0.25, -0.2) is 0 Å². The number of nitro groups is 1. The second kappa shape index (κ2) is 7.33. The van der Waals surface area contributed by atoms with E-state index in [0.29, 0.717) is 5.56 Å². The van der Waals surface area contributed by atoms with Crippen molar-refractivity contribution in [3.8, 4) is 0 Å². The largest absolute Gasteiger partial charge is 0.363 e. The first-order valence-electron chi connectivity index (χ1n) is 7.99. The molecule has 0 bridgehead atoms. The number of non-ortho nitro benzene ring substituents is 1. The van der Waals surface area contributed by atoms with Crippen molar-refractivity contribution in [2.75, 3.05) is 6.61 Å². The van der Waals surface area contributed by atoms with Crippen LogP contribution in [0.3, 0.4) is 0 Å². The summed E-state index contributed by atoms with van der Waals surface area (Å²) in [5.74, 6) is 0. The standard InChI is InChI=1S/C14H17N4O8P/c19-13-14(20)17-12-7(3-8(18(21)22)4-10(12)16-13)6-15-11-5-9(1-2-26-11)27(23,24)25/h3-4,9,11,15H,1-2,5-6H2,(H,16,19)(H,17,20)(H2,23,24,25). The first-order chi connectivity index (χ1) is 12.6. The predicted octanol–water partition coefficient (Wildman–Crippen LogP) is -0.103. The van der Waals surface area contributed by atoms with Gasteiger partial charge in [0.1, 0.15) is 6.23 Å². The number of nitrogens with one attached hydrogen (secondary N) is 3. The molecule has 12 nitrogen and oxygen atoms in total. The number of ether oxygens (including phenoxy) is 1. The van der Waals surface area contributed by atoms with Crippen LogP contribution in [0.4, 0.5) is 5.69 Å². The molecule has 0 saturated carbocycles. The average molecular weight is 400 g/mol. The Bertz CT molecular complexity index is 1040. The van der Waals surface area contributed by atoms with Gasteiger partial charge in [-0.3, -0.25) is 29.6 Å². The molecule has 1 aromatic heterocycles. The number of nitrogens with zero attached hydrogens (tertiary/aromatic N) is 1. The normalized spacial score (nSPS) is 20.7. The topological polar surface area (TPSA) is 188 Å². The maximum Gasteiger partial charge on any atom is 0.328 e. The van der Waals surface area contributed by atoms with E-state index in [1.165, 1.54) is 6.07 Å². The molecule has 3 rings (SSSR count). The zero-order valence-electron chi connectivity index (χ0n) is 13.9. The Morgan fingerprint density at radius 1 is 1.30 bits per heavy atom. The highest BCUT2D eigenvalue weighted by Gasteiger charge is 2.34. The number of benzene rings is 1. The third kappa shape index (κ3) is 4.31. The van der Waals surface area contributed by atoms with Gasteiger partial charge in [0.25, 0.3) is 5.69 Å². The van der Waals surface area contributed by atoms with Gasteiger partial charge in [-0.2, -0.15) is 0 Å². The Morgan fingerprint density at radius 3 is 2.67 bits per heavy atom. The number of aromatic nitrogens is 2. The molecule has 1 saturated heterocycles. The zero-order valence-corrected chi connectivity index (χ0v) is 14.8. The molecule has 27 heavy (non-hydrogen) atoms. The molecule has 0 radical (unpaired) electrons. The van der Waals surface area contributed by atoms with E-state index in [1.807, 2.05) is 0 Å². The molecule has 5 N–H and O–H groups in total. The second-order valence-electron chi connectivity index (χ2n) is 6.20. The Kier molecular flexibility index (Phi) is 5.27. The van der Waals surface area contributed by atoms with Gasteiger partial charge in [0, 0.05) is 31.7 Å². The third-order valence-electron chi connectivity index (χ3n) is 4.36. The van der Waals surface area contributed by atoms with Crippen LogP contribution in [0.2, 0.25) is 0 Å². The molecule has 13 heteroatoms. The summed E-state index contributed by atoms with van der Waals surface area (Å²) in [6, 6.07) is 2.38. The van der Waals surface area contributed by atoms with Gasteiger partial charge in [0.05, 0.1) is 21.6 Å². The van der Waals surface area contributed by atoms with E-state index < -0.39 is 35.5 Å². The molecule has 0 aliphatic carbocycles. The van der Waals surface area contributed by atoms with Crippen molar-refractivity contribution in [1.82, 2.24) is 15.3 Å². The summed E-state index contributed by atoms with van der Waals surface area (Å²) in [6.07, 6.45) is -0.360. The number of H-pyrrole nitrogens is 2. The molecule has 1 fully saturated rings. The molecular formula is C14H17N4O8P. The first-order valence-corrected chi connectivity index (χ1v) is 9.67. The van der Waals surface area contributed by atoms with Crippen LogP contribution in [0.25, 0.3) is 11.0 Å². The lowest BCUT2D eigenvalue weighted by Gasteiger charge is -2.30.